The summed E-state index contributed by atoms with van der Waals surface area (Å²) in [6.45, 7) is 4.39. The molecule has 0 spiro atoms. The molecular formula is C14H22N2O3. The van der Waals surface area contributed by atoms with Crippen molar-refractivity contribution in [2.75, 3.05) is 6.54 Å². The second-order valence-electron chi connectivity index (χ2n) is 4.63. The Morgan fingerprint density at radius 3 is 2.26 bits per heavy atom. The summed E-state index contributed by atoms with van der Waals surface area (Å²) in [4.78, 5) is 11.6. The molecule has 0 radical (unpaired) electrons. The van der Waals surface area contributed by atoms with Crippen molar-refractivity contribution in [1.29, 1.82) is 0 Å². The fraction of sp³-hybridized carbons (Fsp3) is 0.500. The average molecular weight is 266 g/mol. The molecule has 5 nitrogen and oxygen atoms in total. The highest BCUT2D eigenvalue weighted by atomic mass is 16.3. The monoisotopic (exact) mass is 266 g/mol. The molecule has 0 bridgehead atoms. The van der Waals surface area contributed by atoms with Crippen LogP contribution >= 0.6 is 0 Å². The van der Waals surface area contributed by atoms with Crippen LogP contribution in [0.4, 0.5) is 4.79 Å². The number of carbonyl (C=O) groups is 1. The maximum Gasteiger partial charge on any atom is 0.315 e. The van der Waals surface area contributed by atoms with Crippen molar-refractivity contribution in [2.24, 2.45) is 0 Å². The van der Waals surface area contributed by atoms with E-state index < -0.39 is 5.60 Å². The number of hydrogen-bond acceptors (Lipinski definition) is 3. The van der Waals surface area contributed by atoms with Crippen LogP contribution < -0.4 is 10.6 Å². The number of phenolic OH excluding ortho intramolecular Hbond substituents is 1. The fourth-order valence-corrected chi connectivity index (χ4v) is 1.60. The molecule has 0 fully saturated rings. The summed E-state index contributed by atoms with van der Waals surface area (Å²) < 4.78 is 0. The number of urea groups is 1. The third kappa shape index (κ3) is 5.18. The van der Waals surface area contributed by atoms with Crippen molar-refractivity contribution in [3.63, 3.8) is 0 Å². The average Bonchev–Trinajstić information content (AvgIpc) is 2.44. The molecule has 0 heterocycles. The lowest BCUT2D eigenvalue weighted by Crippen LogP contribution is -2.45. The fourth-order valence-electron chi connectivity index (χ4n) is 1.60. The zero-order chi connectivity index (χ0) is 14.3. The predicted molar refractivity (Wildman–Crippen MR) is 73.9 cm³/mol. The van der Waals surface area contributed by atoms with Gasteiger partial charge in [-0.15, -0.1) is 0 Å². The second-order valence-corrected chi connectivity index (χ2v) is 4.63. The highest BCUT2D eigenvalue weighted by Gasteiger charge is 2.22. The first kappa shape index (κ1) is 15.3. The van der Waals surface area contributed by atoms with Gasteiger partial charge < -0.3 is 20.8 Å². The molecule has 0 aromatic heterocycles. The smallest absolute Gasteiger partial charge is 0.315 e. The first-order chi connectivity index (χ1) is 8.99. The number of amides is 2. The van der Waals surface area contributed by atoms with Gasteiger partial charge in [0.2, 0.25) is 0 Å². The lowest BCUT2D eigenvalue weighted by molar-refractivity contribution is 0.0349. The van der Waals surface area contributed by atoms with Crippen molar-refractivity contribution in [2.45, 2.75) is 38.8 Å². The number of aliphatic hydroxyl groups is 1. The second kappa shape index (κ2) is 6.99. The van der Waals surface area contributed by atoms with Gasteiger partial charge in [-0.05, 0) is 30.5 Å². The summed E-state index contributed by atoms with van der Waals surface area (Å²) in [6.07, 6.45) is 1.20. The molecule has 0 atom stereocenters. The van der Waals surface area contributed by atoms with E-state index in [1.807, 2.05) is 13.8 Å². The molecule has 1 aromatic rings. The van der Waals surface area contributed by atoms with E-state index >= 15 is 0 Å². The number of rotatable bonds is 6. The van der Waals surface area contributed by atoms with E-state index in [0.29, 0.717) is 19.4 Å². The van der Waals surface area contributed by atoms with Gasteiger partial charge in [0.1, 0.15) is 5.75 Å². The lowest BCUT2D eigenvalue weighted by atomic mass is 9.98. The predicted octanol–water partition coefficient (Wildman–Crippen LogP) is 1.74. The molecule has 1 rings (SSSR count). The Kier molecular flexibility index (Phi) is 5.63. The number of aromatic hydroxyl groups is 1. The zero-order valence-corrected chi connectivity index (χ0v) is 11.4. The van der Waals surface area contributed by atoms with Crippen LogP contribution in [0.1, 0.15) is 32.3 Å². The molecule has 106 valence electrons. The molecular weight excluding hydrogens is 244 g/mol. The Morgan fingerprint density at radius 2 is 1.74 bits per heavy atom. The number of hydrogen-bond donors (Lipinski definition) is 4. The summed E-state index contributed by atoms with van der Waals surface area (Å²) in [7, 11) is 0. The first-order valence-electron chi connectivity index (χ1n) is 6.51. The Hall–Kier alpha value is -1.75. The Morgan fingerprint density at radius 1 is 1.16 bits per heavy atom. The Bertz CT molecular complexity index is 400. The van der Waals surface area contributed by atoms with E-state index in [9.17, 15) is 9.90 Å². The van der Waals surface area contributed by atoms with Gasteiger partial charge in [-0.2, -0.15) is 0 Å². The van der Waals surface area contributed by atoms with E-state index in [-0.39, 0.29) is 18.3 Å². The van der Waals surface area contributed by atoms with E-state index in [2.05, 4.69) is 10.6 Å². The van der Waals surface area contributed by atoms with Gasteiger partial charge >= 0.3 is 6.03 Å². The number of nitrogens with one attached hydrogen (secondary N) is 2. The maximum atomic E-state index is 11.6. The summed E-state index contributed by atoms with van der Waals surface area (Å²) >= 11 is 0. The molecule has 0 aliphatic rings. The van der Waals surface area contributed by atoms with Gasteiger partial charge in [0.05, 0.1) is 5.60 Å². The van der Waals surface area contributed by atoms with Gasteiger partial charge in [0, 0.05) is 13.1 Å². The molecule has 0 aliphatic carbocycles. The van der Waals surface area contributed by atoms with Crippen LogP contribution in [0.5, 0.6) is 5.75 Å². The minimum Gasteiger partial charge on any atom is -0.508 e. The van der Waals surface area contributed by atoms with Gasteiger partial charge in [0.25, 0.3) is 0 Å². The molecule has 0 unspecified atom stereocenters. The van der Waals surface area contributed by atoms with Crippen LogP contribution in [0.15, 0.2) is 24.3 Å². The van der Waals surface area contributed by atoms with Crippen molar-refractivity contribution in [3.8, 4) is 5.75 Å². The van der Waals surface area contributed by atoms with Gasteiger partial charge in [-0.25, -0.2) is 4.79 Å². The minimum absolute atomic E-state index is 0.198. The van der Waals surface area contributed by atoms with Crippen molar-refractivity contribution in [3.05, 3.63) is 29.8 Å². The van der Waals surface area contributed by atoms with Crippen LogP contribution in [0.3, 0.4) is 0 Å². The topological polar surface area (TPSA) is 81.6 Å². The van der Waals surface area contributed by atoms with Crippen LogP contribution in [0.25, 0.3) is 0 Å². The van der Waals surface area contributed by atoms with E-state index in [0.717, 1.165) is 5.56 Å². The van der Waals surface area contributed by atoms with Crippen LogP contribution in [-0.2, 0) is 6.54 Å². The maximum absolute atomic E-state index is 11.6. The number of benzene rings is 1. The summed E-state index contributed by atoms with van der Waals surface area (Å²) in [5.74, 6) is 0.198. The molecule has 0 saturated heterocycles. The normalized spacial score (nSPS) is 11.1. The van der Waals surface area contributed by atoms with E-state index in [4.69, 9.17) is 5.11 Å². The van der Waals surface area contributed by atoms with Crippen LogP contribution in [-0.4, -0.2) is 28.4 Å². The largest absolute Gasteiger partial charge is 0.508 e. The first-order valence-corrected chi connectivity index (χ1v) is 6.51. The standard InChI is InChI=1S/C14H22N2O3/c1-3-14(19,4-2)10-16-13(18)15-9-11-5-7-12(17)8-6-11/h5-8,17,19H,3-4,9-10H2,1-2H3,(H2,15,16,18). The SMILES string of the molecule is CCC(O)(CC)CNC(=O)NCc1ccc(O)cc1. The number of phenols is 1. The highest BCUT2D eigenvalue weighted by molar-refractivity contribution is 5.73. The number of carbonyl (C=O) groups excluding carboxylic acids is 1. The molecule has 19 heavy (non-hydrogen) atoms. The highest BCUT2D eigenvalue weighted by Crippen LogP contribution is 2.12. The summed E-state index contributed by atoms with van der Waals surface area (Å²) in [6, 6.07) is 6.31. The van der Waals surface area contributed by atoms with Crippen molar-refractivity contribution in [1.82, 2.24) is 10.6 Å². The molecule has 0 saturated carbocycles. The van der Waals surface area contributed by atoms with Gasteiger partial charge in [-0.1, -0.05) is 26.0 Å². The van der Waals surface area contributed by atoms with E-state index in [1.54, 1.807) is 24.3 Å². The van der Waals surface area contributed by atoms with Crippen LogP contribution in [0, 0.1) is 0 Å². The summed E-state index contributed by atoms with van der Waals surface area (Å²) in [5.41, 5.74) is 0.0600. The third-order valence-corrected chi connectivity index (χ3v) is 3.28. The van der Waals surface area contributed by atoms with Gasteiger partial charge in [-0.3, -0.25) is 0 Å². The Labute approximate surface area is 113 Å². The molecule has 4 N–H and O–H groups in total. The quantitative estimate of drug-likeness (QED) is 0.633. The van der Waals surface area contributed by atoms with E-state index in [1.165, 1.54) is 0 Å². The molecule has 0 aliphatic heterocycles. The van der Waals surface area contributed by atoms with Gasteiger partial charge in [0.15, 0.2) is 0 Å². The zero-order valence-electron chi connectivity index (χ0n) is 11.4. The van der Waals surface area contributed by atoms with Crippen molar-refractivity contribution >= 4 is 6.03 Å². The lowest BCUT2D eigenvalue weighted by Gasteiger charge is -2.25. The molecule has 2 amide bonds. The Balaban J connectivity index is 2.34. The summed E-state index contributed by atoms with van der Waals surface area (Å²) in [5, 5.41) is 24.5. The molecule has 5 heteroatoms. The minimum atomic E-state index is -0.837. The van der Waals surface area contributed by atoms with Crippen LogP contribution in [0.2, 0.25) is 0 Å². The molecule has 1 aromatic carbocycles. The van der Waals surface area contributed by atoms with Crippen molar-refractivity contribution < 1.29 is 15.0 Å². The third-order valence-electron chi connectivity index (χ3n) is 3.28.